The van der Waals surface area contributed by atoms with Crippen molar-refractivity contribution >= 4 is 10.9 Å². The normalized spacial score (nSPS) is 11.0. The van der Waals surface area contributed by atoms with Crippen molar-refractivity contribution in [1.29, 1.82) is 0 Å². The fourth-order valence-electron chi connectivity index (χ4n) is 1.28. The second-order valence-electron chi connectivity index (χ2n) is 2.92. The first-order chi connectivity index (χ1) is 7.22. The average Bonchev–Trinajstić information content (AvgIpc) is 2.21. The van der Waals surface area contributed by atoms with Crippen molar-refractivity contribution in [3.8, 4) is 11.5 Å². The number of benzene rings is 1. The first-order valence-corrected chi connectivity index (χ1v) is 7.08. The molecule has 0 unspecified atom stereocenters. The van der Waals surface area contributed by atoms with Gasteiger partial charge in [-0.1, -0.05) is 0 Å². The molecule has 0 aliphatic heterocycles. The average molecular weight is 317 g/mol. The van der Waals surface area contributed by atoms with Gasteiger partial charge in [0.1, 0.15) is 0 Å². The predicted octanol–water partition coefficient (Wildman–Crippen LogP) is -1.68. The number of fused-ring (bicyclic) bond motifs is 1. The molecule has 2 aromatic rings. The van der Waals surface area contributed by atoms with E-state index in [4.69, 9.17) is 0 Å². The molecule has 1 aromatic carbocycles. The summed E-state index contributed by atoms with van der Waals surface area (Å²) in [6.45, 7) is 2.11. The summed E-state index contributed by atoms with van der Waals surface area (Å²) < 4.78 is 2.10. The number of rotatable bonds is 2. The van der Waals surface area contributed by atoms with Gasteiger partial charge in [0.2, 0.25) is 0 Å². The Morgan fingerprint density at radius 2 is 1.93 bits per heavy atom. The fourth-order valence-corrected chi connectivity index (χ4v) is 3.17. The first kappa shape index (κ1) is 10.4. The summed E-state index contributed by atoms with van der Waals surface area (Å²) in [6.07, 6.45) is 1.50. The van der Waals surface area contributed by atoms with Crippen molar-refractivity contribution in [2.45, 2.75) is 6.92 Å². The Balaban J connectivity index is 2.68. The second-order valence-corrected chi connectivity index (χ2v) is 6.23. The molecular formula is C10H10IN2O2-. The van der Waals surface area contributed by atoms with Crippen LogP contribution in [0.5, 0.6) is 11.5 Å². The molecule has 1 aromatic heterocycles. The molecule has 15 heavy (non-hydrogen) atoms. The van der Waals surface area contributed by atoms with Crippen LogP contribution in [0.1, 0.15) is 6.92 Å². The summed E-state index contributed by atoms with van der Waals surface area (Å²) >= 11 is -0.139. The minimum absolute atomic E-state index is 0.112. The van der Waals surface area contributed by atoms with Crippen molar-refractivity contribution in [3.05, 3.63) is 22.2 Å². The maximum absolute atomic E-state index is 9.42. The van der Waals surface area contributed by atoms with E-state index in [0.29, 0.717) is 5.52 Å². The van der Waals surface area contributed by atoms with Crippen LogP contribution in [0.15, 0.2) is 18.5 Å². The van der Waals surface area contributed by atoms with E-state index < -0.39 is 0 Å². The Hall–Kier alpha value is -1.11. The van der Waals surface area contributed by atoms with Gasteiger partial charge in [-0.2, -0.15) is 0 Å². The molecule has 0 fully saturated rings. The molecule has 0 saturated carbocycles. The van der Waals surface area contributed by atoms with Gasteiger partial charge in [-0.15, -0.1) is 0 Å². The standard InChI is InChI=1S/C10H10IN2O2/c1-2-11-10-6-3-8(14)9(15)4-7(6)12-5-13-10/h3-5,14-15H,2H2,1H3/q-1. The topological polar surface area (TPSA) is 66.2 Å². The molecule has 0 aliphatic carbocycles. The molecule has 5 heteroatoms. The third kappa shape index (κ3) is 1.97. The number of phenols is 2. The van der Waals surface area contributed by atoms with Crippen molar-refractivity contribution in [2.24, 2.45) is 0 Å². The van der Waals surface area contributed by atoms with E-state index in [9.17, 15) is 10.2 Å². The van der Waals surface area contributed by atoms with E-state index in [1.54, 1.807) is 0 Å². The van der Waals surface area contributed by atoms with Crippen LogP contribution in [0.3, 0.4) is 0 Å². The van der Waals surface area contributed by atoms with Crippen LogP contribution in [-0.4, -0.2) is 24.6 Å². The number of phenolic OH excluding ortho intramolecular Hbond substituents is 2. The van der Waals surface area contributed by atoms with Crippen LogP contribution in [0.2, 0.25) is 0 Å². The Labute approximate surface area is 97.3 Å². The second kappa shape index (κ2) is 4.18. The molecule has 0 bridgehead atoms. The Morgan fingerprint density at radius 1 is 1.20 bits per heavy atom. The molecule has 0 spiro atoms. The molecular weight excluding hydrogens is 307 g/mol. The van der Waals surface area contributed by atoms with E-state index in [1.165, 1.54) is 18.5 Å². The zero-order valence-corrected chi connectivity index (χ0v) is 10.3. The molecule has 4 nitrogen and oxygen atoms in total. The van der Waals surface area contributed by atoms with E-state index >= 15 is 0 Å². The van der Waals surface area contributed by atoms with Gasteiger partial charge in [0.05, 0.1) is 0 Å². The molecule has 80 valence electrons. The Kier molecular flexibility index (Phi) is 2.90. The number of hydrogen-bond acceptors (Lipinski definition) is 4. The molecule has 2 N–H and O–H groups in total. The zero-order chi connectivity index (χ0) is 10.8. The summed E-state index contributed by atoms with van der Waals surface area (Å²) in [7, 11) is 0. The van der Waals surface area contributed by atoms with Gasteiger partial charge in [0.25, 0.3) is 0 Å². The van der Waals surface area contributed by atoms with Gasteiger partial charge in [-0.25, -0.2) is 0 Å². The van der Waals surface area contributed by atoms with Crippen molar-refractivity contribution in [1.82, 2.24) is 9.97 Å². The van der Waals surface area contributed by atoms with Crippen molar-refractivity contribution < 1.29 is 31.4 Å². The third-order valence-corrected chi connectivity index (χ3v) is 4.29. The van der Waals surface area contributed by atoms with Gasteiger partial charge in [0.15, 0.2) is 0 Å². The molecule has 1 heterocycles. The molecule has 0 aliphatic rings. The molecule has 2 rings (SSSR count). The molecule has 0 saturated heterocycles. The van der Waals surface area contributed by atoms with E-state index in [2.05, 4.69) is 16.9 Å². The van der Waals surface area contributed by atoms with Crippen molar-refractivity contribution in [3.63, 3.8) is 0 Å². The minimum atomic E-state index is -0.139. The van der Waals surface area contributed by atoms with Gasteiger partial charge < -0.3 is 0 Å². The number of aromatic nitrogens is 2. The summed E-state index contributed by atoms with van der Waals surface area (Å²) in [5.41, 5.74) is 0.684. The Bertz CT molecular complexity index is 502. The van der Waals surface area contributed by atoms with Crippen molar-refractivity contribution in [2.75, 3.05) is 4.43 Å². The van der Waals surface area contributed by atoms with Crippen LogP contribution in [0.4, 0.5) is 0 Å². The number of nitrogens with zero attached hydrogens (tertiary/aromatic N) is 2. The van der Waals surface area contributed by atoms with Gasteiger partial charge in [-0.3, -0.25) is 0 Å². The summed E-state index contributed by atoms with van der Waals surface area (Å²) in [5, 5.41) is 19.6. The molecule has 0 radical (unpaired) electrons. The zero-order valence-electron chi connectivity index (χ0n) is 8.11. The first-order valence-electron chi connectivity index (χ1n) is 4.48. The third-order valence-electron chi connectivity index (χ3n) is 1.94. The van der Waals surface area contributed by atoms with E-state index in [-0.39, 0.29) is 32.7 Å². The summed E-state index contributed by atoms with van der Waals surface area (Å²) in [5.74, 6) is -0.250. The number of aromatic hydroxyl groups is 2. The predicted molar refractivity (Wildman–Crippen MR) is 52.1 cm³/mol. The summed E-state index contributed by atoms with van der Waals surface area (Å²) in [6, 6.07) is 3.00. The molecule has 0 amide bonds. The molecule has 0 atom stereocenters. The van der Waals surface area contributed by atoms with Gasteiger partial charge in [-0.05, 0) is 0 Å². The van der Waals surface area contributed by atoms with Crippen LogP contribution in [0.25, 0.3) is 10.9 Å². The monoisotopic (exact) mass is 317 g/mol. The fraction of sp³-hybridized carbons (Fsp3) is 0.200. The van der Waals surface area contributed by atoms with Crippen LogP contribution >= 0.6 is 0 Å². The van der Waals surface area contributed by atoms with E-state index in [1.807, 2.05) is 0 Å². The van der Waals surface area contributed by atoms with E-state index in [0.717, 1.165) is 13.5 Å². The number of halogens is 1. The maximum atomic E-state index is 9.42. The quantitative estimate of drug-likeness (QED) is 0.301. The van der Waals surface area contributed by atoms with Crippen LogP contribution in [-0.2, 0) is 0 Å². The van der Waals surface area contributed by atoms with Gasteiger partial charge in [0, 0.05) is 0 Å². The van der Waals surface area contributed by atoms with Crippen LogP contribution < -0.4 is 21.2 Å². The Morgan fingerprint density at radius 3 is 2.67 bits per heavy atom. The summed E-state index contributed by atoms with van der Waals surface area (Å²) in [4.78, 5) is 8.27. The SMILES string of the molecule is CC[I-]c1ncnc2cc(O)c(O)cc12. The number of hydrogen-bond donors (Lipinski definition) is 2. The number of alkyl halides is 1. The van der Waals surface area contributed by atoms with Crippen LogP contribution in [0, 0.1) is 3.70 Å². The van der Waals surface area contributed by atoms with Gasteiger partial charge >= 0.3 is 97.3 Å².